The maximum atomic E-state index is 12.8. The molecule has 206 valence electrons. The first-order chi connectivity index (χ1) is 21.2. The van der Waals surface area contributed by atoms with Crippen LogP contribution in [0.3, 0.4) is 0 Å². The van der Waals surface area contributed by atoms with Crippen molar-refractivity contribution in [1.29, 1.82) is 0 Å². The molecule has 2 heterocycles. The van der Waals surface area contributed by atoms with E-state index in [2.05, 4.69) is 66.0 Å². The number of amides is 1. The molecule has 0 aliphatic carbocycles. The van der Waals surface area contributed by atoms with Crippen LogP contribution in [-0.4, -0.2) is 22.9 Å². The summed E-state index contributed by atoms with van der Waals surface area (Å²) in [5.41, 5.74) is 5.18. The van der Waals surface area contributed by atoms with Gasteiger partial charge < -0.3 is 9.73 Å². The standard InChI is InChI=1S/C36H23N3O2S2/c40-35(38-25-13-15-29-28-11-5-6-12-32(28)41-33(29)18-25)21-42-36-39-31-16-14-24(19-34(31)43-36)37-20-30-26-9-3-1-7-22(26)17-23-8-2-4-10-27(23)30/h1-20H,21H2,(H,38,40). The fraction of sp³-hybridized carbons (Fsp3) is 0.0278. The summed E-state index contributed by atoms with van der Waals surface area (Å²) in [4.78, 5) is 22.4. The van der Waals surface area contributed by atoms with Gasteiger partial charge in [0.25, 0.3) is 0 Å². The van der Waals surface area contributed by atoms with Gasteiger partial charge in [-0.25, -0.2) is 4.98 Å². The highest BCUT2D eigenvalue weighted by molar-refractivity contribution is 8.01. The number of rotatable bonds is 6. The minimum absolute atomic E-state index is 0.0904. The van der Waals surface area contributed by atoms with Crippen LogP contribution in [0, 0.1) is 0 Å². The van der Waals surface area contributed by atoms with Crippen LogP contribution in [0.1, 0.15) is 5.56 Å². The molecule has 0 bridgehead atoms. The zero-order valence-electron chi connectivity index (χ0n) is 22.8. The Hall–Kier alpha value is -4.98. The predicted octanol–water partition coefficient (Wildman–Crippen LogP) is 9.98. The second kappa shape index (κ2) is 10.7. The molecule has 1 amide bonds. The first-order valence-electron chi connectivity index (χ1n) is 13.9. The van der Waals surface area contributed by atoms with Gasteiger partial charge in [-0.05, 0) is 64.0 Å². The molecule has 0 saturated carbocycles. The average Bonchev–Trinajstić information content (AvgIpc) is 3.62. The van der Waals surface area contributed by atoms with E-state index >= 15 is 0 Å². The monoisotopic (exact) mass is 593 g/mol. The lowest BCUT2D eigenvalue weighted by atomic mass is 9.97. The number of carbonyl (C=O) groups excluding carboxylic acids is 1. The number of benzene rings is 6. The molecule has 5 nitrogen and oxygen atoms in total. The zero-order valence-corrected chi connectivity index (χ0v) is 24.4. The molecule has 8 aromatic rings. The van der Waals surface area contributed by atoms with Crippen LogP contribution in [-0.2, 0) is 4.79 Å². The first kappa shape index (κ1) is 25.7. The summed E-state index contributed by atoms with van der Waals surface area (Å²) in [5.74, 6) is 0.171. The molecule has 0 saturated heterocycles. The number of aliphatic imine (C=N–C) groups is 1. The van der Waals surface area contributed by atoms with Crippen LogP contribution in [0.15, 0.2) is 129 Å². The summed E-state index contributed by atoms with van der Waals surface area (Å²) in [5, 5.41) is 9.84. The number of anilines is 1. The van der Waals surface area contributed by atoms with Crippen molar-refractivity contribution in [1.82, 2.24) is 4.98 Å². The maximum absolute atomic E-state index is 12.8. The number of thioether (sulfide) groups is 1. The van der Waals surface area contributed by atoms with Crippen LogP contribution < -0.4 is 5.32 Å². The molecule has 1 N–H and O–H groups in total. The molecule has 6 aromatic carbocycles. The third-order valence-corrected chi connectivity index (χ3v) is 9.66. The molecule has 0 atom stereocenters. The number of carbonyl (C=O) groups is 1. The number of nitrogens with one attached hydrogen (secondary N) is 1. The van der Waals surface area contributed by atoms with E-state index < -0.39 is 0 Å². The van der Waals surface area contributed by atoms with Crippen LogP contribution in [0.4, 0.5) is 11.4 Å². The highest BCUT2D eigenvalue weighted by Crippen LogP contribution is 2.34. The quantitative estimate of drug-likeness (QED) is 0.118. The number of fused-ring (bicyclic) bond motifs is 6. The van der Waals surface area contributed by atoms with Crippen molar-refractivity contribution in [3.05, 3.63) is 121 Å². The van der Waals surface area contributed by atoms with Gasteiger partial charge in [0.15, 0.2) is 4.34 Å². The fourth-order valence-electron chi connectivity index (χ4n) is 5.49. The minimum atomic E-state index is -0.0904. The summed E-state index contributed by atoms with van der Waals surface area (Å²) >= 11 is 3.01. The van der Waals surface area contributed by atoms with E-state index in [9.17, 15) is 4.79 Å². The van der Waals surface area contributed by atoms with E-state index in [0.717, 1.165) is 47.7 Å². The molecule has 0 radical (unpaired) electrons. The van der Waals surface area contributed by atoms with Crippen molar-refractivity contribution in [3.63, 3.8) is 0 Å². The molecule has 43 heavy (non-hydrogen) atoms. The molecule has 8 rings (SSSR count). The second-order valence-electron chi connectivity index (χ2n) is 10.3. The Kier molecular flexibility index (Phi) is 6.39. The third-order valence-electron chi connectivity index (χ3n) is 7.50. The van der Waals surface area contributed by atoms with Gasteiger partial charge in [0.1, 0.15) is 11.2 Å². The van der Waals surface area contributed by atoms with Crippen molar-refractivity contribution in [3.8, 4) is 0 Å². The number of aromatic nitrogens is 1. The molecule has 7 heteroatoms. The fourth-order valence-corrected chi connectivity index (χ4v) is 7.39. The van der Waals surface area contributed by atoms with Gasteiger partial charge in [-0.3, -0.25) is 9.79 Å². The maximum Gasteiger partial charge on any atom is 0.234 e. The van der Waals surface area contributed by atoms with Gasteiger partial charge in [0, 0.05) is 34.3 Å². The van der Waals surface area contributed by atoms with Gasteiger partial charge in [0.05, 0.1) is 21.7 Å². The lowest BCUT2D eigenvalue weighted by Crippen LogP contribution is -2.13. The summed E-state index contributed by atoms with van der Waals surface area (Å²) in [6.07, 6.45) is 1.97. The van der Waals surface area contributed by atoms with Gasteiger partial charge >= 0.3 is 0 Å². The van der Waals surface area contributed by atoms with Gasteiger partial charge in [-0.2, -0.15) is 0 Å². The van der Waals surface area contributed by atoms with E-state index in [1.807, 2.05) is 60.8 Å². The Morgan fingerprint density at radius 1 is 0.791 bits per heavy atom. The number of furan rings is 1. The van der Waals surface area contributed by atoms with Gasteiger partial charge in [-0.1, -0.05) is 78.5 Å². The van der Waals surface area contributed by atoms with Gasteiger partial charge in [-0.15, -0.1) is 11.3 Å². The van der Waals surface area contributed by atoms with Gasteiger partial charge in [0.2, 0.25) is 5.91 Å². The number of thiazole rings is 1. The van der Waals surface area contributed by atoms with E-state index in [-0.39, 0.29) is 11.7 Å². The highest BCUT2D eigenvalue weighted by atomic mass is 32.2. The van der Waals surface area contributed by atoms with E-state index in [0.29, 0.717) is 5.69 Å². The lowest BCUT2D eigenvalue weighted by molar-refractivity contribution is -0.113. The number of nitrogens with zero attached hydrogens (tertiary/aromatic N) is 2. The van der Waals surface area contributed by atoms with Crippen LogP contribution in [0.2, 0.25) is 0 Å². The van der Waals surface area contributed by atoms with E-state index in [4.69, 9.17) is 14.4 Å². The molecule has 0 fully saturated rings. The van der Waals surface area contributed by atoms with E-state index in [1.54, 1.807) is 11.3 Å². The Balaban J connectivity index is 0.987. The summed E-state index contributed by atoms with van der Waals surface area (Å²) in [6.45, 7) is 0. The highest BCUT2D eigenvalue weighted by Gasteiger charge is 2.12. The molecule has 0 aliphatic heterocycles. The molecular formula is C36H23N3O2S2. The largest absolute Gasteiger partial charge is 0.456 e. The lowest BCUT2D eigenvalue weighted by Gasteiger charge is -2.07. The SMILES string of the molecule is O=C(CSc1nc2ccc(N=Cc3c4ccccc4cc4ccccc34)cc2s1)Nc1ccc2c(c1)oc1ccccc12. The van der Waals surface area contributed by atoms with Crippen molar-refractivity contribution in [2.24, 2.45) is 4.99 Å². The smallest absolute Gasteiger partial charge is 0.234 e. The van der Waals surface area contributed by atoms with Crippen LogP contribution in [0.5, 0.6) is 0 Å². The summed E-state index contributed by atoms with van der Waals surface area (Å²) < 4.78 is 7.84. The summed E-state index contributed by atoms with van der Waals surface area (Å²) in [6, 6.07) is 38.8. The Bertz CT molecular complexity index is 2320. The number of para-hydroxylation sites is 1. The second-order valence-corrected chi connectivity index (χ2v) is 12.5. The topological polar surface area (TPSA) is 67.5 Å². The van der Waals surface area contributed by atoms with Crippen molar-refractivity contribution in [2.75, 3.05) is 11.1 Å². The minimum Gasteiger partial charge on any atom is -0.456 e. The zero-order chi connectivity index (χ0) is 28.8. The normalized spacial score (nSPS) is 11.9. The van der Waals surface area contributed by atoms with Crippen molar-refractivity contribution >= 4 is 100 Å². The van der Waals surface area contributed by atoms with E-state index in [1.165, 1.54) is 33.3 Å². The molecular weight excluding hydrogens is 571 g/mol. The first-order valence-corrected chi connectivity index (χ1v) is 15.7. The molecule has 0 spiro atoms. The Labute approximate surface area is 254 Å². The van der Waals surface area contributed by atoms with Crippen molar-refractivity contribution in [2.45, 2.75) is 4.34 Å². The number of hydrogen-bond acceptors (Lipinski definition) is 6. The average molecular weight is 594 g/mol. The summed E-state index contributed by atoms with van der Waals surface area (Å²) in [7, 11) is 0. The van der Waals surface area contributed by atoms with Crippen LogP contribution >= 0.6 is 23.1 Å². The van der Waals surface area contributed by atoms with Crippen molar-refractivity contribution < 1.29 is 9.21 Å². The molecule has 0 unspecified atom stereocenters. The Morgan fingerprint density at radius 3 is 2.33 bits per heavy atom. The molecule has 0 aliphatic rings. The Morgan fingerprint density at radius 2 is 1.51 bits per heavy atom. The molecule has 2 aromatic heterocycles. The predicted molar refractivity (Wildman–Crippen MR) is 181 cm³/mol. The third kappa shape index (κ3) is 4.92. The van der Waals surface area contributed by atoms with Crippen LogP contribution in [0.25, 0.3) is 53.7 Å². The number of hydrogen-bond donors (Lipinski definition) is 1.